The van der Waals surface area contributed by atoms with Gasteiger partial charge in [0, 0.05) is 29.0 Å². The van der Waals surface area contributed by atoms with Crippen molar-refractivity contribution in [3.8, 4) is 22.8 Å². The van der Waals surface area contributed by atoms with E-state index in [1.807, 2.05) is 12.1 Å². The van der Waals surface area contributed by atoms with E-state index in [-0.39, 0.29) is 42.0 Å². The molecule has 4 aliphatic carbocycles. The first kappa shape index (κ1) is 38.3. The van der Waals surface area contributed by atoms with Crippen LogP contribution in [0.3, 0.4) is 0 Å². The minimum Gasteiger partial charge on any atom is -0.475 e. The third kappa shape index (κ3) is 8.18. The number of amides is 1. The van der Waals surface area contributed by atoms with E-state index in [1.165, 1.54) is 54.2 Å². The highest BCUT2D eigenvalue weighted by Crippen LogP contribution is 2.38. The standard InChI is InChI=1S/C18H19N7O2.C15H17N3O.C3H4N4O2.ClH/c1-25-22-16(21-24-25)17(26)19-14-8-6-11-9-12(5-7-13(11)14)15-20-18(27-23-15)10-3-2-4-10;16-13-7-5-10-8-11(4-6-12(10)13)14-17-15(19-18-14)9-2-1-3-9;1-7-5-2(3(8)9)4-6-7;/h5,7,9-10,14H,2-4,6,8H2,1H3,(H,19,26);4,6,8-9,13H,1-3,5,7,16H2;1H3,(H,8,9);1H/t14-;13-;;/m11../s1. The summed E-state index contributed by atoms with van der Waals surface area (Å²) in [5, 5.41) is 40.8. The minimum atomic E-state index is -1.16. The Balaban J connectivity index is 0.000000144. The largest absolute Gasteiger partial charge is 0.475 e. The average Bonchev–Trinajstić information content (AvgIpc) is 3.99. The van der Waals surface area contributed by atoms with Crippen molar-refractivity contribution in [2.75, 3.05) is 0 Å². The van der Waals surface area contributed by atoms with Crippen LogP contribution in [-0.4, -0.2) is 77.7 Å². The van der Waals surface area contributed by atoms with E-state index < -0.39 is 5.97 Å². The summed E-state index contributed by atoms with van der Waals surface area (Å²) in [6.45, 7) is 0. The smallest absolute Gasteiger partial charge is 0.377 e. The molecule has 1 amide bonds. The number of nitrogens with one attached hydrogen (secondary N) is 1. The van der Waals surface area contributed by atoms with E-state index in [9.17, 15) is 9.59 Å². The maximum Gasteiger partial charge on any atom is 0.377 e. The maximum absolute atomic E-state index is 12.3. The van der Waals surface area contributed by atoms with Gasteiger partial charge in [-0.15, -0.1) is 32.8 Å². The number of fused-ring (bicyclic) bond motifs is 2. The van der Waals surface area contributed by atoms with Crippen molar-refractivity contribution in [2.24, 2.45) is 19.8 Å². The summed E-state index contributed by atoms with van der Waals surface area (Å²) in [6, 6.07) is 12.6. The Hall–Kier alpha value is -5.95. The lowest BCUT2D eigenvalue weighted by atomic mass is 9.85. The third-order valence-electron chi connectivity index (χ3n) is 10.5. The summed E-state index contributed by atoms with van der Waals surface area (Å²) in [7, 11) is 3.13. The van der Waals surface area contributed by atoms with E-state index >= 15 is 0 Å². The van der Waals surface area contributed by atoms with Gasteiger partial charge in [-0.1, -0.05) is 47.4 Å². The maximum atomic E-state index is 12.3. The van der Waals surface area contributed by atoms with Gasteiger partial charge in [0.1, 0.15) is 0 Å². The van der Waals surface area contributed by atoms with Crippen molar-refractivity contribution in [1.82, 2.24) is 66.0 Å². The summed E-state index contributed by atoms with van der Waals surface area (Å²) in [5.41, 5.74) is 13.0. The number of carbonyl (C=O) groups is 2. The molecule has 2 saturated carbocycles. The number of nitrogens with two attached hydrogens (primary N) is 1. The van der Waals surface area contributed by atoms with Gasteiger partial charge in [0.15, 0.2) is 0 Å². The van der Waals surface area contributed by atoms with Crippen LogP contribution in [0.15, 0.2) is 45.4 Å². The molecule has 2 atom stereocenters. The summed E-state index contributed by atoms with van der Waals surface area (Å²) >= 11 is 0. The predicted molar refractivity (Wildman–Crippen MR) is 198 cm³/mol. The molecule has 6 aromatic rings. The third-order valence-corrected chi connectivity index (χ3v) is 10.5. The monoisotopic (exact) mass is 784 g/mol. The number of rotatable bonds is 7. The SMILES string of the molecule is Cl.Cn1nnc(C(=O)N[C@@H]2CCc3cc(-c4noc(C5CCC5)n4)ccc32)n1.Cn1nnc(C(=O)O)n1.N[C@@H]1CCc2cc(-c3noc(C4CCC4)n3)ccc21. The van der Waals surface area contributed by atoms with Crippen molar-refractivity contribution in [3.63, 3.8) is 0 Å². The van der Waals surface area contributed by atoms with Crippen molar-refractivity contribution in [1.29, 1.82) is 0 Å². The zero-order valence-corrected chi connectivity index (χ0v) is 31.6. The van der Waals surface area contributed by atoms with Crippen molar-refractivity contribution in [3.05, 3.63) is 82.1 Å². The molecule has 10 rings (SSSR count). The Morgan fingerprint density at radius 3 is 1.75 bits per heavy atom. The highest BCUT2D eigenvalue weighted by atomic mass is 35.5. The average molecular weight is 785 g/mol. The zero-order valence-electron chi connectivity index (χ0n) is 30.8. The molecular formula is C36H41ClN14O5. The fraction of sp³-hybridized carbons (Fsp3) is 0.444. The molecule has 2 aromatic carbocycles. The van der Waals surface area contributed by atoms with Gasteiger partial charge in [0.25, 0.3) is 17.6 Å². The van der Waals surface area contributed by atoms with Crippen LogP contribution in [0.1, 0.15) is 131 Å². The fourth-order valence-electron chi connectivity index (χ4n) is 7.01. The lowest BCUT2D eigenvalue weighted by Gasteiger charge is -2.20. The normalized spacial score (nSPS) is 18.2. The van der Waals surface area contributed by atoms with Crippen LogP contribution < -0.4 is 11.1 Å². The number of hydrogen-bond donors (Lipinski definition) is 3. The number of aromatic nitrogens is 12. The highest BCUT2D eigenvalue weighted by Gasteiger charge is 2.29. The second-order valence-electron chi connectivity index (χ2n) is 14.2. The van der Waals surface area contributed by atoms with Crippen LogP contribution in [0.4, 0.5) is 0 Å². The summed E-state index contributed by atoms with van der Waals surface area (Å²) in [5.74, 6) is 2.14. The van der Waals surface area contributed by atoms with Gasteiger partial charge in [-0.2, -0.15) is 19.6 Å². The van der Waals surface area contributed by atoms with Gasteiger partial charge in [-0.25, -0.2) is 4.79 Å². The molecule has 4 aromatic heterocycles. The molecule has 292 valence electrons. The fourth-order valence-corrected chi connectivity index (χ4v) is 7.01. The molecule has 0 radical (unpaired) electrons. The minimum absolute atomic E-state index is 0. The topological polar surface area (TPSA) is 257 Å². The lowest BCUT2D eigenvalue weighted by Crippen LogP contribution is -2.28. The van der Waals surface area contributed by atoms with Gasteiger partial charge < -0.3 is 25.2 Å². The molecule has 4 N–H and O–H groups in total. The molecule has 56 heavy (non-hydrogen) atoms. The molecule has 0 aliphatic heterocycles. The Morgan fingerprint density at radius 1 is 0.750 bits per heavy atom. The van der Waals surface area contributed by atoms with Crippen LogP contribution in [-0.2, 0) is 26.9 Å². The number of aromatic carboxylic acids is 1. The Bertz CT molecular complexity index is 2330. The quantitative estimate of drug-likeness (QED) is 0.205. The molecule has 4 aliphatic rings. The molecule has 20 heteroatoms. The highest BCUT2D eigenvalue weighted by molar-refractivity contribution is 5.90. The van der Waals surface area contributed by atoms with Crippen LogP contribution in [0.25, 0.3) is 22.8 Å². The van der Waals surface area contributed by atoms with Crippen LogP contribution in [0.2, 0.25) is 0 Å². The van der Waals surface area contributed by atoms with Crippen molar-refractivity contribution >= 4 is 24.3 Å². The number of carboxylic acid groups (broad SMARTS) is 1. The van der Waals surface area contributed by atoms with Crippen molar-refractivity contribution < 1.29 is 23.7 Å². The van der Waals surface area contributed by atoms with Gasteiger partial charge in [-0.3, -0.25) is 4.79 Å². The molecule has 0 saturated heterocycles. The summed E-state index contributed by atoms with van der Waals surface area (Å²) in [6.07, 6.45) is 11.0. The molecule has 0 spiro atoms. The molecule has 2 fully saturated rings. The second kappa shape index (κ2) is 16.4. The van der Waals surface area contributed by atoms with E-state index in [0.29, 0.717) is 23.5 Å². The number of aryl methyl sites for hydroxylation is 4. The molecule has 0 bridgehead atoms. The van der Waals surface area contributed by atoms with Gasteiger partial charge >= 0.3 is 5.97 Å². The van der Waals surface area contributed by atoms with Crippen LogP contribution in [0, 0.1) is 0 Å². The van der Waals surface area contributed by atoms with Gasteiger partial charge in [0.05, 0.1) is 20.1 Å². The number of hydrogen-bond acceptors (Lipinski definition) is 15. The van der Waals surface area contributed by atoms with Crippen molar-refractivity contribution in [2.45, 2.75) is 88.1 Å². The van der Waals surface area contributed by atoms with E-state index in [0.717, 1.165) is 71.8 Å². The first-order valence-electron chi connectivity index (χ1n) is 18.4. The Labute approximate surface area is 326 Å². The van der Waals surface area contributed by atoms with Crippen LogP contribution >= 0.6 is 12.4 Å². The summed E-state index contributed by atoms with van der Waals surface area (Å²) in [4.78, 5) is 33.8. The number of tetrazole rings is 2. The van der Waals surface area contributed by atoms with E-state index in [1.54, 1.807) is 7.05 Å². The Kier molecular flexibility index (Phi) is 11.2. The predicted octanol–water partition coefficient (Wildman–Crippen LogP) is 4.23. The molecule has 0 unspecified atom stereocenters. The number of benzene rings is 2. The number of carboxylic acids is 1. The molecular weight excluding hydrogens is 744 g/mol. The van der Waals surface area contributed by atoms with Gasteiger partial charge in [0.2, 0.25) is 23.4 Å². The number of carbonyl (C=O) groups excluding carboxylic acids is 1. The number of halogens is 1. The first-order valence-corrected chi connectivity index (χ1v) is 18.4. The van der Waals surface area contributed by atoms with E-state index in [2.05, 4.69) is 80.7 Å². The summed E-state index contributed by atoms with van der Waals surface area (Å²) < 4.78 is 10.8. The van der Waals surface area contributed by atoms with E-state index in [4.69, 9.17) is 19.9 Å². The first-order chi connectivity index (χ1) is 26.7. The zero-order chi connectivity index (χ0) is 38.1. The van der Waals surface area contributed by atoms with Gasteiger partial charge in [-0.05, 0) is 96.2 Å². The molecule has 19 nitrogen and oxygen atoms in total. The lowest BCUT2D eigenvalue weighted by molar-refractivity contribution is 0.0682. The Morgan fingerprint density at radius 2 is 1.27 bits per heavy atom. The van der Waals surface area contributed by atoms with Crippen LogP contribution in [0.5, 0.6) is 0 Å². The molecule has 4 heterocycles. The second-order valence-corrected chi connectivity index (χ2v) is 14.2. The number of nitrogens with zero attached hydrogens (tertiary/aromatic N) is 12.